The molecule has 0 saturated carbocycles. The summed E-state index contributed by atoms with van der Waals surface area (Å²) in [5.74, 6) is 0.287. The second-order valence-corrected chi connectivity index (χ2v) is 6.19. The van der Waals surface area contributed by atoms with Gasteiger partial charge in [0, 0.05) is 39.3 Å². The normalized spacial score (nSPS) is 24.3. The van der Waals surface area contributed by atoms with Crippen LogP contribution < -0.4 is 0 Å². The van der Waals surface area contributed by atoms with Crippen LogP contribution in [0.15, 0.2) is 0 Å². The molecule has 2 saturated heterocycles. The van der Waals surface area contributed by atoms with Crippen LogP contribution in [-0.4, -0.2) is 72.0 Å². The standard InChI is InChI=1S/C16H28N4O/c1-3-15(13-17)19-11-9-18(10-12-19)14(2)16(21)20-7-5-4-6-8-20/h14-15H,3-12H2,1-2H3. The Morgan fingerprint density at radius 3 is 2.14 bits per heavy atom. The predicted octanol–water partition coefficient (Wildman–Crippen LogP) is 1.31. The lowest BCUT2D eigenvalue weighted by Crippen LogP contribution is -2.56. The van der Waals surface area contributed by atoms with Crippen molar-refractivity contribution in [2.24, 2.45) is 0 Å². The van der Waals surface area contributed by atoms with Crippen molar-refractivity contribution in [3.8, 4) is 6.07 Å². The first kappa shape index (κ1) is 16.3. The van der Waals surface area contributed by atoms with E-state index in [9.17, 15) is 4.79 Å². The fraction of sp³-hybridized carbons (Fsp3) is 0.875. The van der Waals surface area contributed by atoms with Gasteiger partial charge in [-0.15, -0.1) is 0 Å². The monoisotopic (exact) mass is 292 g/mol. The van der Waals surface area contributed by atoms with Gasteiger partial charge < -0.3 is 4.90 Å². The molecule has 0 N–H and O–H groups in total. The highest BCUT2D eigenvalue weighted by Gasteiger charge is 2.30. The smallest absolute Gasteiger partial charge is 0.239 e. The van der Waals surface area contributed by atoms with Gasteiger partial charge in [0.1, 0.15) is 0 Å². The molecule has 2 aliphatic heterocycles. The third-order valence-corrected chi connectivity index (χ3v) is 4.90. The van der Waals surface area contributed by atoms with Crippen LogP contribution in [0.5, 0.6) is 0 Å². The molecule has 118 valence electrons. The van der Waals surface area contributed by atoms with E-state index in [0.29, 0.717) is 0 Å². The number of piperazine rings is 1. The van der Waals surface area contributed by atoms with E-state index in [1.807, 2.05) is 11.8 Å². The molecule has 21 heavy (non-hydrogen) atoms. The van der Waals surface area contributed by atoms with E-state index in [2.05, 4.69) is 22.8 Å². The number of hydrogen-bond acceptors (Lipinski definition) is 4. The molecule has 0 aromatic heterocycles. The highest BCUT2D eigenvalue weighted by Crippen LogP contribution is 2.15. The van der Waals surface area contributed by atoms with E-state index < -0.39 is 0 Å². The molecule has 0 aromatic rings. The molecule has 0 spiro atoms. The summed E-state index contributed by atoms with van der Waals surface area (Å²) in [6.45, 7) is 9.51. The fourth-order valence-corrected chi connectivity index (χ4v) is 3.40. The number of hydrogen-bond donors (Lipinski definition) is 0. The summed E-state index contributed by atoms with van der Waals surface area (Å²) in [6.07, 6.45) is 4.42. The van der Waals surface area contributed by atoms with Crippen molar-refractivity contribution in [3.63, 3.8) is 0 Å². The summed E-state index contributed by atoms with van der Waals surface area (Å²) in [5.41, 5.74) is 0. The first-order chi connectivity index (χ1) is 10.2. The molecule has 5 heteroatoms. The van der Waals surface area contributed by atoms with Gasteiger partial charge in [0.2, 0.25) is 5.91 Å². The van der Waals surface area contributed by atoms with Crippen molar-refractivity contribution in [1.29, 1.82) is 5.26 Å². The van der Waals surface area contributed by atoms with E-state index in [-0.39, 0.29) is 18.0 Å². The zero-order chi connectivity index (χ0) is 15.2. The molecular formula is C16H28N4O. The Hall–Kier alpha value is -1.12. The largest absolute Gasteiger partial charge is 0.341 e. The molecule has 5 nitrogen and oxygen atoms in total. The minimum absolute atomic E-state index is 0.0209. The van der Waals surface area contributed by atoms with Gasteiger partial charge >= 0.3 is 0 Å². The molecular weight excluding hydrogens is 264 g/mol. The van der Waals surface area contributed by atoms with Crippen molar-refractivity contribution >= 4 is 5.91 Å². The first-order valence-corrected chi connectivity index (χ1v) is 8.34. The molecule has 1 amide bonds. The third kappa shape index (κ3) is 3.96. The van der Waals surface area contributed by atoms with Gasteiger partial charge in [-0.3, -0.25) is 14.6 Å². The molecule has 2 aliphatic rings. The molecule has 2 fully saturated rings. The number of likely N-dealkylation sites (tertiary alicyclic amines) is 1. The van der Waals surface area contributed by atoms with Crippen molar-refractivity contribution in [1.82, 2.24) is 14.7 Å². The molecule has 0 bridgehead atoms. The average Bonchev–Trinajstić information content (AvgIpc) is 2.56. The highest BCUT2D eigenvalue weighted by molar-refractivity contribution is 5.81. The maximum Gasteiger partial charge on any atom is 0.239 e. The third-order valence-electron chi connectivity index (χ3n) is 4.90. The highest BCUT2D eigenvalue weighted by atomic mass is 16.2. The van der Waals surface area contributed by atoms with Crippen molar-refractivity contribution < 1.29 is 4.79 Å². The Morgan fingerprint density at radius 1 is 1.05 bits per heavy atom. The van der Waals surface area contributed by atoms with Crippen LogP contribution in [0, 0.1) is 11.3 Å². The molecule has 0 radical (unpaired) electrons. The predicted molar refractivity (Wildman–Crippen MR) is 82.7 cm³/mol. The number of nitriles is 1. The Balaban J connectivity index is 1.83. The SMILES string of the molecule is CCC(C#N)N1CCN(C(C)C(=O)N2CCCCC2)CC1. The summed E-state index contributed by atoms with van der Waals surface area (Å²) in [4.78, 5) is 19.1. The van der Waals surface area contributed by atoms with Crippen LogP contribution in [0.4, 0.5) is 0 Å². The maximum atomic E-state index is 12.5. The Kier molecular flexibility index (Phi) is 6.01. The van der Waals surface area contributed by atoms with Gasteiger partial charge in [-0.25, -0.2) is 0 Å². The second-order valence-electron chi connectivity index (χ2n) is 6.19. The van der Waals surface area contributed by atoms with Gasteiger partial charge in [0.15, 0.2) is 0 Å². The lowest BCUT2D eigenvalue weighted by Gasteiger charge is -2.40. The van der Waals surface area contributed by atoms with Crippen molar-refractivity contribution in [3.05, 3.63) is 0 Å². The number of piperidine rings is 1. The molecule has 2 unspecified atom stereocenters. The molecule has 2 rings (SSSR count). The van der Waals surface area contributed by atoms with Gasteiger partial charge in [-0.2, -0.15) is 5.26 Å². The van der Waals surface area contributed by atoms with Crippen LogP contribution in [0.2, 0.25) is 0 Å². The lowest BCUT2D eigenvalue weighted by atomic mass is 10.1. The number of nitrogens with zero attached hydrogens (tertiary/aromatic N) is 4. The molecule has 0 aromatic carbocycles. The van der Waals surface area contributed by atoms with E-state index in [0.717, 1.165) is 58.5 Å². The zero-order valence-corrected chi connectivity index (χ0v) is 13.4. The van der Waals surface area contributed by atoms with Crippen LogP contribution in [-0.2, 0) is 4.79 Å². The zero-order valence-electron chi connectivity index (χ0n) is 13.4. The Morgan fingerprint density at radius 2 is 1.62 bits per heavy atom. The van der Waals surface area contributed by atoms with E-state index in [1.165, 1.54) is 6.42 Å². The van der Waals surface area contributed by atoms with Crippen LogP contribution in [0.3, 0.4) is 0 Å². The molecule has 2 atom stereocenters. The molecule has 2 heterocycles. The number of carbonyl (C=O) groups is 1. The topological polar surface area (TPSA) is 50.6 Å². The summed E-state index contributed by atoms with van der Waals surface area (Å²) in [7, 11) is 0. The minimum atomic E-state index is -0.0209. The van der Waals surface area contributed by atoms with Gasteiger partial charge in [-0.05, 0) is 32.6 Å². The molecule has 0 aliphatic carbocycles. The van der Waals surface area contributed by atoms with Crippen molar-refractivity contribution in [2.45, 2.75) is 51.6 Å². The Bertz CT molecular complexity index is 378. The quantitative estimate of drug-likeness (QED) is 0.784. The number of carbonyl (C=O) groups excluding carboxylic acids is 1. The van der Waals surface area contributed by atoms with Gasteiger partial charge in [0.25, 0.3) is 0 Å². The summed E-state index contributed by atoms with van der Waals surface area (Å²) >= 11 is 0. The van der Waals surface area contributed by atoms with Gasteiger partial charge in [0.05, 0.1) is 18.2 Å². The van der Waals surface area contributed by atoms with Gasteiger partial charge in [-0.1, -0.05) is 6.92 Å². The second kappa shape index (κ2) is 7.77. The Labute approximate surface area is 128 Å². The van der Waals surface area contributed by atoms with E-state index in [4.69, 9.17) is 5.26 Å². The minimum Gasteiger partial charge on any atom is -0.341 e. The van der Waals surface area contributed by atoms with Crippen LogP contribution >= 0.6 is 0 Å². The number of amides is 1. The lowest BCUT2D eigenvalue weighted by molar-refractivity contribution is -0.138. The first-order valence-electron chi connectivity index (χ1n) is 8.34. The summed E-state index contributed by atoms with van der Waals surface area (Å²) in [6, 6.07) is 2.38. The maximum absolute atomic E-state index is 12.5. The number of rotatable bonds is 4. The van der Waals surface area contributed by atoms with E-state index in [1.54, 1.807) is 0 Å². The average molecular weight is 292 g/mol. The van der Waals surface area contributed by atoms with E-state index >= 15 is 0 Å². The van der Waals surface area contributed by atoms with Crippen LogP contribution in [0.1, 0.15) is 39.5 Å². The van der Waals surface area contributed by atoms with Crippen LogP contribution in [0.25, 0.3) is 0 Å². The summed E-state index contributed by atoms with van der Waals surface area (Å²) in [5, 5.41) is 9.15. The van der Waals surface area contributed by atoms with Crippen molar-refractivity contribution in [2.75, 3.05) is 39.3 Å². The fourth-order valence-electron chi connectivity index (χ4n) is 3.40. The summed E-state index contributed by atoms with van der Waals surface area (Å²) < 4.78 is 0.